The Morgan fingerprint density at radius 2 is 1.86 bits per heavy atom. The van der Waals surface area contributed by atoms with Crippen LogP contribution in [0.3, 0.4) is 0 Å². The predicted molar refractivity (Wildman–Crippen MR) is 110 cm³/mol. The molecule has 0 aliphatic heterocycles. The minimum absolute atomic E-state index is 0. The summed E-state index contributed by atoms with van der Waals surface area (Å²) in [7, 11) is -4.44. The van der Waals surface area contributed by atoms with Gasteiger partial charge in [-0.1, -0.05) is 29.8 Å². The SMILES string of the molecule is Cc1nc2ccc3cc(S(=O)(=O)O)cc(O)c3c2n1Nc1ccccc1Cl.[Na]. The summed E-state index contributed by atoms with van der Waals surface area (Å²) in [6.07, 6.45) is 0. The topological polar surface area (TPSA) is 104 Å². The van der Waals surface area contributed by atoms with E-state index >= 15 is 0 Å². The maximum absolute atomic E-state index is 11.4. The number of rotatable bonds is 3. The summed E-state index contributed by atoms with van der Waals surface area (Å²) in [6.45, 7) is 1.79. The summed E-state index contributed by atoms with van der Waals surface area (Å²) in [5.41, 5.74) is 4.98. The van der Waals surface area contributed by atoms with Gasteiger partial charge in [0.15, 0.2) is 0 Å². The molecule has 0 saturated carbocycles. The van der Waals surface area contributed by atoms with Crippen molar-refractivity contribution in [2.45, 2.75) is 11.8 Å². The van der Waals surface area contributed by atoms with E-state index in [2.05, 4.69) is 10.4 Å². The molecule has 0 amide bonds. The molecular weight excluding hydrogens is 413 g/mol. The number of fused-ring (bicyclic) bond motifs is 3. The minimum Gasteiger partial charge on any atom is -0.507 e. The van der Waals surface area contributed by atoms with Gasteiger partial charge >= 0.3 is 0 Å². The zero-order valence-corrected chi connectivity index (χ0v) is 18.6. The molecule has 3 N–H and O–H groups in total. The van der Waals surface area contributed by atoms with Gasteiger partial charge in [-0.3, -0.25) is 9.98 Å². The first-order valence-corrected chi connectivity index (χ1v) is 9.71. The molecule has 7 nitrogen and oxygen atoms in total. The van der Waals surface area contributed by atoms with Gasteiger partial charge in [0, 0.05) is 35.6 Å². The second kappa shape index (κ2) is 7.55. The average molecular weight is 427 g/mol. The van der Waals surface area contributed by atoms with Gasteiger partial charge in [-0.25, -0.2) is 9.66 Å². The molecule has 3 aromatic carbocycles. The third kappa shape index (κ3) is 3.59. The van der Waals surface area contributed by atoms with Gasteiger partial charge < -0.3 is 5.11 Å². The van der Waals surface area contributed by atoms with Crippen molar-refractivity contribution in [3.8, 4) is 5.75 Å². The number of halogens is 1. The molecule has 4 rings (SSSR count). The van der Waals surface area contributed by atoms with Crippen molar-refractivity contribution in [2.24, 2.45) is 0 Å². The van der Waals surface area contributed by atoms with Gasteiger partial charge in [0.1, 0.15) is 17.1 Å². The van der Waals surface area contributed by atoms with Crippen LogP contribution in [0.4, 0.5) is 5.69 Å². The van der Waals surface area contributed by atoms with Crippen molar-refractivity contribution in [1.29, 1.82) is 0 Å². The first kappa shape index (κ1) is 20.9. The van der Waals surface area contributed by atoms with Crippen molar-refractivity contribution < 1.29 is 18.1 Å². The molecule has 0 atom stereocenters. The number of nitrogens with zero attached hydrogens (tertiary/aromatic N) is 2. The standard InChI is InChI=1S/C18H14ClN3O4S.Na/c1-10-20-15-7-6-11-8-12(27(24,25)26)9-16(23)17(11)18(15)22(10)21-14-5-3-2-4-13(14)19;/h2-9,21,23H,1H3,(H,24,25,26);. The normalized spacial score (nSPS) is 11.5. The van der Waals surface area contributed by atoms with Crippen LogP contribution in [-0.4, -0.2) is 57.3 Å². The number of imidazole rings is 1. The van der Waals surface area contributed by atoms with Crippen LogP contribution in [0, 0.1) is 6.92 Å². The predicted octanol–water partition coefficient (Wildman–Crippen LogP) is 3.60. The molecule has 0 fully saturated rings. The van der Waals surface area contributed by atoms with Gasteiger partial charge in [0.25, 0.3) is 10.1 Å². The van der Waals surface area contributed by atoms with Crippen LogP contribution in [0.5, 0.6) is 5.75 Å². The van der Waals surface area contributed by atoms with Crippen LogP contribution >= 0.6 is 11.6 Å². The number of hydrogen-bond donors (Lipinski definition) is 3. The quantitative estimate of drug-likeness (QED) is 0.341. The molecule has 0 spiro atoms. The van der Waals surface area contributed by atoms with E-state index in [1.807, 2.05) is 12.1 Å². The molecule has 0 aliphatic carbocycles. The fourth-order valence-corrected chi connectivity index (χ4v) is 3.76. The van der Waals surface area contributed by atoms with E-state index in [4.69, 9.17) is 11.6 Å². The Bertz CT molecular complexity index is 1320. The van der Waals surface area contributed by atoms with Crippen LogP contribution in [0.1, 0.15) is 5.82 Å². The van der Waals surface area contributed by atoms with Crippen LogP contribution in [-0.2, 0) is 10.1 Å². The number of anilines is 1. The largest absolute Gasteiger partial charge is 0.507 e. The van der Waals surface area contributed by atoms with E-state index < -0.39 is 10.1 Å². The fraction of sp³-hybridized carbons (Fsp3) is 0.0556. The summed E-state index contributed by atoms with van der Waals surface area (Å²) in [4.78, 5) is 4.10. The first-order valence-electron chi connectivity index (χ1n) is 7.89. The molecule has 1 aromatic heterocycles. The number of nitrogens with one attached hydrogen (secondary N) is 1. The Labute approximate surface area is 188 Å². The van der Waals surface area contributed by atoms with Gasteiger partial charge in [-0.15, -0.1) is 0 Å². The van der Waals surface area contributed by atoms with E-state index in [1.54, 1.807) is 35.9 Å². The van der Waals surface area contributed by atoms with E-state index in [-0.39, 0.29) is 40.2 Å². The number of phenolic OH excluding ortho intramolecular Hbond substituents is 1. The second-order valence-corrected chi connectivity index (χ2v) is 7.86. The van der Waals surface area contributed by atoms with Crippen LogP contribution in [0.15, 0.2) is 53.4 Å². The van der Waals surface area contributed by atoms with E-state index in [9.17, 15) is 18.1 Å². The van der Waals surface area contributed by atoms with Gasteiger partial charge in [-0.2, -0.15) is 8.42 Å². The number of aromatic nitrogens is 2. The van der Waals surface area contributed by atoms with E-state index in [1.165, 1.54) is 6.07 Å². The Balaban J connectivity index is 0.00000225. The van der Waals surface area contributed by atoms with Crippen molar-refractivity contribution in [3.05, 3.63) is 59.4 Å². The molecule has 4 aromatic rings. The minimum atomic E-state index is -4.44. The monoisotopic (exact) mass is 426 g/mol. The third-order valence-corrected chi connectivity index (χ3v) is 5.42. The van der Waals surface area contributed by atoms with Crippen LogP contribution in [0.2, 0.25) is 5.02 Å². The van der Waals surface area contributed by atoms with Crippen molar-refractivity contribution >= 4 is 78.8 Å². The zero-order valence-electron chi connectivity index (χ0n) is 15.0. The fourth-order valence-electron chi connectivity index (χ4n) is 3.05. The Hall–Kier alpha value is -1.81. The number of aryl methyl sites for hydroxylation is 1. The number of benzene rings is 3. The number of aromatic hydroxyl groups is 1. The van der Waals surface area contributed by atoms with Gasteiger partial charge in [0.2, 0.25) is 0 Å². The maximum Gasteiger partial charge on any atom is 0.294 e. The summed E-state index contributed by atoms with van der Waals surface area (Å²) >= 11 is 6.23. The molecule has 0 bridgehead atoms. The number of hydrogen-bond acceptors (Lipinski definition) is 5. The maximum atomic E-state index is 11.4. The number of para-hydroxylation sites is 1. The van der Waals surface area contributed by atoms with Crippen molar-refractivity contribution in [3.63, 3.8) is 0 Å². The third-order valence-electron chi connectivity index (χ3n) is 4.26. The molecule has 1 heterocycles. The average Bonchev–Trinajstić information content (AvgIpc) is 2.91. The summed E-state index contributed by atoms with van der Waals surface area (Å²) in [5.74, 6) is 0.337. The Morgan fingerprint density at radius 3 is 2.54 bits per heavy atom. The summed E-state index contributed by atoms with van der Waals surface area (Å²) < 4.78 is 33.8. The first-order chi connectivity index (χ1) is 12.8. The van der Waals surface area contributed by atoms with Crippen LogP contribution < -0.4 is 5.43 Å². The molecule has 0 saturated heterocycles. The smallest absolute Gasteiger partial charge is 0.294 e. The summed E-state index contributed by atoms with van der Waals surface area (Å²) in [6, 6.07) is 12.8. The zero-order chi connectivity index (χ0) is 19.3. The van der Waals surface area contributed by atoms with E-state index in [0.29, 0.717) is 38.3 Å². The molecule has 28 heavy (non-hydrogen) atoms. The van der Waals surface area contributed by atoms with E-state index in [0.717, 1.165) is 6.07 Å². The molecule has 0 unspecified atom stereocenters. The molecule has 139 valence electrons. The van der Waals surface area contributed by atoms with Gasteiger partial charge in [-0.05, 0) is 36.6 Å². The van der Waals surface area contributed by atoms with Gasteiger partial charge in [0.05, 0.1) is 26.5 Å². The Morgan fingerprint density at radius 1 is 1.14 bits per heavy atom. The van der Waals surface area contributed by atoms with Crippen molar-refractivity contribution in [1.82, 2.24) is 9.66 Å². The Kier molecular flexibility index (Phi) is 5.64. The molecule has 1 radical (unpaired) electrons. The molecule has 0 aliphatic rings. The second-order valence-electron chi connectivity index (χ2n) is 6.03. The van der Waals surface area contributed by atoms with Crippen molar-refractivity contribution in [2.75, 3.05) is 5.43 Å². The molecular formula is C18H14ClN3NaO4S. The molecule has 10 heteroatoms. The number of phenols is 1. The van der Waals surface area contributed by atoms with Crippen LogP contribution in [0.25, 0.3) is 21.8 Å². The summed E-state index contributed by atoms with van der Waals surface area (Å²) in [5, 5.41) is 11.9.